The first-order valence-corrected chi connectivity index (χ1v) is 6.04. The Morgan fingerprint density at radius 3 is 2.89 bits per heavy atom. The molecular formula is C13H16N2O3. The Hall–Kier alpha value is -1.91. The van der Waals surface area contributed by atoms with Crippen LogP contribution in [0, 0.1) is 0 Å². The summed E-state index contributed by atoms with van der Waals surface area (Å²) in [5.74, 6) is -0.551. The first-order valence-electron chi connectivity index (χ1n) is 6.04. The number of hydrogen-bond donors (Lipinski definition) is 0. The molecule has 0 N–H and O–H groups in total. The van der Waals surface area contributed by atoms with E-state index in [2.05, 4.69) is 4.98 Å². The van der Waals surface area contributed by atoms with Gasteiger partial charge in [-0.05, 0) is 31.4 Å². The molecule has 2 rings (SSSR count). The number of pyridine rings is 1. The number of likely N-dealkylation sites (tertiary alicyclic amines) is 1. The molecule has 0 spiro atoms. The lowest BCUT2D eigenvalue weighted by Crippen LogP contribution is -2.48. The first kappa shape index (κ1) is 12.5. The summed E-state index contributed by atoms with van der Waals surface area (Å²) in [6.07, 6.45) is 4.08. The summed E-state index contributed by atoms with van der Waals surface area (Å²) in [6, 6.07) is 4.70. The number of carbonyl (C=O) groups is 2. The zero-order valence-corrected chi connectivity index (χ0v) is 10.3. The summed E-state index contributed by atoms with van der Waals surface area (Å²) < 4.78 is 4.75. The lowest BCUT2D eigenvalue weighted by atomic mass is 10.0. The molecule has 0 radical (unpaired) electrons. The molecule has 0 aromatic carbocycles. The monoisotopic (exact) mass is 248 g/mol. The van der Waals surface area contributed by atoms with Crippen LogP contribution in [0.25, 0.3) is 0 Å². The van der Waals surface area contributed by atoms with E-state index in [1.54, 1.807) is 29.3 Å². The van der Waals surface area contributed by atoms with E-state index in [1.807, 2.05) is 0 Å². The number of esters is 1. The molecule has 18 heavy (non-hydrogen) atoms. The summed E-state index contributed by atoms with van der Waals surface area (Å²) in [6.45, 7) is 0.579. The lowest BCUT2D eigenvalue weighted by molar-refractivity contribution is -0.147. The molecule has 1 aliphatic heterocycles. The molecule has 1 atom stereocenters. The second-order valence-electron chi connectivity index (χ2n) is 4.25. The third-order valence-electron chi connectivity index (χ3n) is 3.12. The van der Waals surface area contributed by atoms with Crippen molar-refractivity contribution in [1.82, 2.24) is 9.88 Å². The summed E-state index contributed by atoms with van der Waals surface area (Å²) in [5, 5.41) is 0. The van der Waals surface area contributed by atoms with E-state index in [1.165, 1.54) is 7.11 Å². The Kier molecular flexibility index (Phi) is 3.92. The quantitative estimate of drug-likeness (QED) is 0.739. The van der Waals surface area contributed by atoms with Gasteiger partial charge in [-0.25, -0.2) is 4.79 Å². The third-order valence-corrected chi connectivity index (χ3v) is 3.12. The largest absolute Gasteiger partial charge is 0.467 e. The van der Waals surface area contributed by atoms with Crippen molar-refractivity contribution in [3.05, 3.63) is 30.1 Å². The highest BCUT2D eigenvalue weighted by Gasteiger charge is 2.33. The molecule has 0 unspecified atom stereocenters. The Bertz CT molecular complexity index is 433. The van der Waals surface area contributed by atoms with E-state index < -0.39 is 6.04 Å². The molecule has 96 valence electrons. The SMILES string of the molecule is COC(=O)[C@H]1CCCCN1C(=O)c1ccccn1. The number of hydrogen-bond acceptors (Lipinski definition) is 4. The minimum absolute atomic E-state index is 0.203. The van der Waals surface area contributed by atoms with Crippen LogP contribution in [-0.2, 0) is 9.53 Å². The fourth-order valence-electron chi connectivity index (χ4n) is 2.19. The number of nitrogens with zero attached hydrogens (tertiary/aromatic N) is 2. The van der Waals surface area contributed by atoms with Gasteiger partial charge in [0.1, 0.15) is 11.7 Å². The molecule has 0 bridgehead atoms. The van der Waals surface area contributed by atoms with Crippen LogP contribution in [0.2, 0.25) is 0 Å². The predicted molar refractivity (Wildman–Crippen MR) is 64.9 cm³/mol. The van der Waals surface area contributed by atoms with Crippen LogP contribution in [0.3, 0.4) is 0 Å². The number of ether oxygens (including phenoxy) is 1. The van der Waals surface area contributed by atoms with E-state index in [0.29, 0.717) is 18.7 Å². The minimum atomic E-state index is -0.474. The minimum Gasteiger partial charge on any atom is -0.467 e. The maximum atomic E-state index is 12.3. The van der Waals surface area contributed by atoms with Crippen LogP contribution in [0.1, 0.15) is 29.8 Å². The molecular weight excluding hydrogens is 232 g/mol. The van der Waals surface area contributed by atoms with Gasteiger partial charge in [-0.1, -0.05) is 6.07 Å². The van der Waals surface area contributed by atoms with Gasteiger partial charge < -0.3 is 9.64 Å². The molecule has 1 aliphatic rings. The number of aromatic nitrogens is 1. The van der Waals surface area contributed by atoms with Gasteiger partial charge in [0, 0.05) is 12.7 Å². The van der Waals surface area contributed by atoms with E-state index in [0.717, 1.165) is 12.8 Å². The maximum absolute atomic E-state index is 12.3. The zero-order chi connectivity index (χ0) is 13.0. The highest BCUT2D eigenvalue weighted by Crippen LogP contribution is 2.20. The van der Waals surface area contributed by atoms with Crippen molar-refractivity contribution in [2.24, 2.45) is 0 Å². The average Bonchev–Trinajstić information content (AvgIpc) is 2.46. The molecule has 5 heteroatoms. The topological polar surface area (TPSA) is 59.5 Å². The van der Waals surface area contributed by atoms with E-state index in [4.69, 9.17) is 4.74 Å². The van der Waals surface area contributed by atoms with Crippen molar-refractivity contribution < 1.29 is 14.3 Å². The number of piperidine rings is 1. The summed E-state index contributed by atoms with van der Waals surface area (Å²) in [7, 11) is 1.35. The average molecular weight is 248 g/mol. The predicted octanol–water partition coefficient (Wildman–Crippen LogP) is 1.25. The molecule has 5 nitrogen and oxygen atoms in total. The van der Waals surface area contributed by atoms with Gasteiger partial charge in [0.25, 0.3) is 5.91 Å². The van der Waals surface area contributed by atoms with Crippen molar-refractivity contribution >= 4 is 11.9 Å². The van der Waals surface area contributed by atoms with E-state index in [9.17, 15) is 9.59 Å². The zero-order valence-electron chi connectivity index (χ0n) is 10.3. The Morgan fingerprint density at radius 2 is 2.22 bits per heavy atom. The van der Waals surface area contributed by atoms with Crippen molar-refractivity contribution in [2.45, 2.75) is 25.3 Å². The Balaban J connectivity index is 2.19. The van der Waals surface area contributed by atoms with Gasteiger partial charge in [-0.2, -0.15) is 0 Å². The highest BCUT2D eigenvalue weighted by molar-refractivity contribution is 5.95. The second-order valence-corrected chi connectivity index (χ2v) is 4.25. The summed E-state index contributed by atoms with van der Waals surface area (Å²) >= 11 is 0. The highest BCUT2D eigenvalue weighted by atomic mass is 16.5. The van der Waals surface area contributed by atoms with Crippen LogP contribution < -0.4 is 0 Å². The van der Waals surface area contributed by atoms with Crippen LogP contribution in [0.4, 0.5) is 0 Å². The van der Waals surface area contributed by atoms with Crippen LogP contribution >= 0.6 is 0 Å². The molecule has 1 aromatic heterocycles. The molecule has 2 heterocycles. The normalized spacial score (nSPS) is 19.4. The molecule has 0 saturated carbocycles. The Labute approximate surface area is 106 Å². The Morgan fingerprint density at radius 1 is 1.39 bits per heavy atom. The van der Waals surface area contributed by atoms with Crippen molar-refractivity contribution in [3.63, 3.8) is 0 Å². The maximum Gasteiger partial charge on any atom is 0.328 e. The van der Waals surface area contributed by atoms with Gasteiger partial charge in [0.05, 0.1) is 7.11 Å². The van der Waals surface area contributed by atoms with Crippen molar-refractivity contribution in [3.8, 4) is 0 Å². The van der Waals surface area contributed by atoms with Crippen molar-refractivity contribution in [1.29, 1.82) is 0 Å². The third kappa shape index (κ3) is 2.50. The molecule has 0 aliphatic carbocycles. The number of rotatable bonds is 2. The van der Waals surface area contributed by atoms with Gasteiger partial charge in [0.2, 0.25) is 0 Å². The lowest BCUT2D eigenvalue weighted by Gasteiger charge is -2.33. The smallest absolute Gasteiger partial charge is 0.328 e. The molecule has 1 saturated heterocycles. The fourth-order valence-corrected chi connectivity index (χ4v) is 2.19. The van der Waals surface area contributed by atoms with Crippen LogP contribution in [0.15, 0.2) is 24.4 Å². The van der Waals surface area contributed by atoms with Crippen LogP contribution in [0.5, 0.6) is 0 Å². The van der Waals surface area contributed by atoms with Gasteiger partial charge in [0.15, 0.2) is 0 Å². The van der Waals surface area contributed by atoms with E-state index >= 15 is 0 Å². The van der Waals surface area contributed by atoms with Gasteiger partial charge >= 0.3 is 5.97 Å². The van der Waals surface area contributed by atoms with E-state index in [-0.39, 0.29) is 11.9 Å². The molecule has 1 amide bonds. The first-order chi connectivity index (χ1) is 8.74. The van der Waals surface area contributed by atoms with Gasteiger partial charge in [-0.3, -0.25) is 9.78 Å². The summed E-state index contributed by atoms with van der Waals surface area (Å²) in [5.41, 5.74) is 0.369. The molecule has 1 fully saturated rings. The number of carbonyl (C=O) groups excluding carboxylic acids is 2. The number of methoxy groups -OCH3 is 1. The molecule has 1 aromatic rings. The second kappa shape index (κ2) is 5.62. The standard InChI is InChI=1S/C13H16N2O3/c1-18-13(17)11-7-3-5-9-15(11)12(16)10-6-2-4-8-14-10/h2,4,6,8,11H,3,5,7,9H2,1H3/t11-/m1/s1. The summed E-state index contributed by atoms with van der Waals surface area (Å²) in [4.78, 5) is 29.6. The van der Waals surface area contributed by atoms with Crippen molar-refractivity contribution in [2.75, 3.05) is 13.7 Å². The number of amides is 1. The van der Waals surface area contributed by atoms with Gasteiger partial charge in [-0.15, -0.1) is 0 Å². The fraction of sp³-hybridized carbons (Fsp3) is 0.462. The van der Waals surface area contributed by atoms with Crippen LogP contribution in [-0.4, -0.2) is 41.5 Å².